The average Bonchev–Trinajstić information content (AvgIpc) is 2.67. The van der Waals surface area contributed by atoms with Gasteiger partial charge in [-0.05, 0) is 38.4 Å². The van der Waals surface area contributed by atoms with E-state index in [1.165, 1.54) is 24.8 Å². The molecule has 0 aromatic carbocycles. The number of likely N-dealkylation sites (N-methyl/N-ethyl adjacent to an activating group) is 1. The lowest BCUT2D eigenvalue weighted by molar-refractivity contribution is 0.521. The Balaban J connectivity index is 2.17. The van der Waals surface area contributed by atoms with Crippen molar-refractivity contribution in [2.75, 3.05) is 7.05 Å². The second kappa shape index (κ2) is 4.09. The van der Waals surface area contributed by atoms with Crippen molar-refractivity contribution in [2.45, 2.75) is 38.1 Å². The molecule has 1 aliphatic carbocycles. The van der Waals surface area contributed by atoms with Gasteiger partial charge >= 0.3 is 0 Å². The molecule has 1 aromatic heterocycles. The molecule has 2 unspecified atom stereocenters. The predicted octanol–water partition coefficient (Wildman–Crippen LogP) is 2.25. The maximum Gasteiger partial charge on any atom is 0.0372 e. The summed E-state index contributed by atoms with van der Waals surface area (Å²) in [6.07, 6.45) is 5.98. The second-order valence-electron chi connectivity index (χ2n) is 4.17. The highest BCUT2D eigenvalue weighted by atomic mass is 14.9. The van der Waals surface area contributed by atoms with E-state index in [1.807, 2.05) is 13.1 Å². The van der Waals surface area contributed by atoms with Crippen LogP contribution in [0.25, 0.3) is 0 Å². The minimum absolute atomic E-state index is 0.652. The van der Waals surface area contributed by atoms with Gasteiger partial charge in [0.25, 0.3) is 0 Å². The highest BCUT2D eigenvalue weighted by molar-refractivity contribution is 5.21. The Bertz CT molecular complexity index is 292. The molecular formula is C12H18N2. The van der Waals surface area contributed by atoms with E-state index in [1.54, 1.807) is 0 Å². The highest BCUT2D eigenvalue weighted by Gasteiger charge is 2.27. The molecular weight excluding hydrogens is 172 g/mol. The fourth-order valence-electron chi connectivity index (χ4n) is 2.40. The van der Waals surface area contributed by atoms with Gasteiger partial charge in [-0.15, -0.1) is 0 Å². The Morgan fingerprint density at radius 2 is 2.21 bits per heavy atom. The topological polar surface area (TPSA) is 24.9 Å². The smallest absolute Gasteiger partial charge is 0.0372 e. The van der Waals surface area contributed by atoms with Crippen molar-refractivity contribution in [2.24, 2.45) is 0 Å². The molecule has 0 spiro atoms. The van der Waals surface area contributed by atoms with Gasteiger partial charge < -0.3 is 5.32 Å². The van der Waals surface area contributed by atoms with Gasteiger partial charge in [-0.3, -0.25) is 4.98 Å². The number of aromatic nitrogens is 1. The van der Waals surface area contributed by atoms with E-state index in [9.17, 15) is 0 Å². The lowest BCUT2D eigenvalue weighted by Crippen LogP contribution is -2.27. The minimum atomic E-state index is 0.652. The number of nitrogens with one attached hydrogen (secondary N) is 1. The van der Waals surface area contributed by atoms with E-state index < -0.39 is 0 Å². The number of hydrogen-bond donors (Lipinski definition) is 1. The molecule has 1 fully saturated rings. The Morgan fingerprint density at radius 1 is 1.36 bits per heavy atom. The van der Waals surface area contributed by atoms with Gasteiger partial charge in [0.1, 0.15) is 0 Å². The summed E-state index contributed by atoms with van der Waals surface area (Å²) in [7, 11) is 2.06. The monoisotopic (exact) mass is 190 g/mol. The maximum absolute atomic E-state index is 4.36. The summed E-state index contributed by atoms with van der Waals surface area (Å²) < 4.78 is 0. The molecule has 1 aliphatic rings. The van der Waals surface area contributed by atoms with Crippen LogP contribution >= 0.6 is 0 Å². The largest absolute Gasteiger partial charge is 0.316 e. The molecule has 0 radical (unpaired) electrons. The van der Waals surface area contributed by atoms with E-state index in [4.69, 9.17) is 0 Å². The third-order valence-electron chi connectivity index (χ3n) is 3.25. The number of hydrogen-bond acceptors (Lipinski definition) is 2. The van der Waals surface area contributed by atoms with E-state index in [-0.39, 0.29) is 0 Å². The van der Waals surface area contributed by atoms with E-state index in [0.29, 0.717) is 12.0 Å². The van der Waals surface area contributed by atoms with Gasteiger partial charge in [0.15, 0.2) is 0 Å². The zero-order chi connectivity index (χ0) is 9.97. The second-order valence-corrected chi connectivity index (χ2v) is 4.17. The van der Waals surface area contributed by atoms with Crippen LogP contribution in [0.2, 0.25) is 0 Å². The summed E-state index contributed by atoms with van der Waals surface area (Å²) in [5.41, 5.74) is 2.50. The molecule has 1 aromatic rings. The fraction of sp³-hybridized carbons (Fsp3) is 0.583. The molecule has 2 heteroatoms. The zero-order valence-electron chi connectivity index (χ0n) is 8.96. The number of nitrogens with zero attached hydrogens (tertiary/aromatic N) is 1. The van der Waals surface area contributed by atoms with Crippen LogP contribution in [0.15, 0.2) is 18.3 Å². The van der Waals surface area contributed by atoms with Gasteiger partial charge in [-0.25, -0.2) is 0 Å². The number of rotatable bonds is 2. The van der Waals surface area contributed by atoms with Crippen molar-refractivity contribution in [3.8, 4) is 0 Å². The minimum Gasteiger partial charge on any atom is -0.316 e. The average molecular weight is 190 g/mol. The summed E-state index contributed by atoms with van der Waals surface area (Å²) >= 11 is 0. The quantitative estimate of drug-likeness (QED) is 0.773. The third-order valence-corrected chi connectivity index (χ3v) is 3.25. The van der Waals surface area contributed by atoms with Crippen molar-refractivity contribution in [3.05, 3.63) is 29.6 Å². The molecule has 1 saturated carbocycles. The Kier molecular flexibility index (Phi) is 2.82. The van der Waals surface area contributed by atoms with Crippen LogP contribution in [-0.4, -0.2) is 18.1 Å². The van der Waals surface area contributed by atoms with Crippen LogP contribution in [0.5, 0.6) is 0 Å². The van der Waals surface area contributed by atoms with Crippen molar-refractivity contribution < 1.29 is 0 Å². The van der Waals surface area contributed by atoms with Crippen LogP contribution in [-0.2, 0) is 0 Å². The summed E-state index contributed by atoms with van der Waals surface area (Å²) in [6.45, 7) is 2.04. The lowest BCUT2D eigenvalue weighted by atomic mass is 9.95. The summed E-state index contributed by atoms with van der Waals surface area (Å²) in [5, 5.41) is 3.40. The van der Waals surface area contributed by atoms with Gasteiger partial charge in [0.05, 0.1) is 0 Å². The van der Waals surface area contributed by atoms with Gasteiger partial charge in [0, 0.05) is 23.9 Å². The first-order valence-electron chi connectivity index (χ1n) is 5.41. The summed E-state index contributed by atoms with van der Waals surface area (Å²) in [4.78, 5) is 4.36. The first kappa shape index (κ1) is 9.66. The lowest BCUT2D eigenvalue weighted by Gasteiger charge is -2.18. The van der Waals surface area contributed by atoms with Crippen LogP contribution < -0.4 is 5.32 Å². The Morgan fingerprint density at radius 3 is 2.86 bits per heavy atom. The zero-order valence-corrected chi connectivity index (χ0v) is 8.96. The maximum atomic E-state index is 4.36. The van der Waals surface area contributed by atoms with E-state index in [0.717, 1.165) is 5.69 Å². The molecule has 0 saturated heterocycles. The molecule has 0 bridgehead atoms. The molecule has 2 nitrogen and oxygen atoms in total. The highest BCUT2D eigenvalue weighted by Crippen LogP contribution is 2.33. The molecule has 0 aliphatic heterocycles. The molecule has 0 amide bonds. The van der Waals surface area contributed by atoms with E-state index in [2.05, 4.69) is 29.5 Å². The predicted molar refractivity (Wildman–Crippen MR) is 58.4 cm³/mol. The van der Waals surface area contributed by atoms with Gasteiger partial charge in [0.2, 0.25) is 0 Å². The van der Waals surface area contributed by atoms with Gasteiger partial charge in [-0.2, -0.15) is 0 Å². The summed E-state index contributed by atoms with van der Waals surface area (Å²) in [6, 6.07) is 4.99. The Hall–Kier alpha value is -0.890. The third kappa shape index (κ3) is 1.80. The number of pyridine rings is 1. The fourth-order valence-corrected chi connectivity index (χ4v) is 2.40. The first-order valence-corrected chi connectivity index (χ1v) is 5.41. The molecule has 2 rings (SSSR count). The van der Waals surface area contributed by atoms with Crippen LogP contribution in [0, 0.1) is 6.92 Å². The Labute approximate surface area is 85.7 Å². The molecule has 76 valence electrons. The molecule has 1 heterocycles. The van der Waals surface area contributed by atoms with E-state index >= 15 is 0 Å². The molecule has 2 atom stereocenters. The van der Waals surface area contributed by atoms with Crippen molar-refractivity contribution >= 4 is 0 Å². The van der Waals surface area contributed by atoms with Gasteiger partial charge in [-0.1, -0.05) is 12.5 Å². The van der Waals surface area contributed by atoms with Crippen molar-refractivity contribution in [1.82, 2.24) is 10.3 Å². The first-order chi connectivity index (χ1) is 6.81. The van der Waals surface area contributed by atoms with Crippen LogP contribution in [0.1, 0.15) is 36.4 Å². The number of aryl methyl sites for hydroxylation is 1. The van der Waals surface area contributed by atoms with Crippen LogP contribution in [0.3, 0.4) is 0 Å². The normalized spacial score (nSPS) is 26.7. The van der Waals surface area contributed by atoms with Crippen LogP contribution in [0.4, 0.5) is 0 Å². The van der Waals surface area contributed by atoms with Crippen molar-refractivity contribution in [3.63, 3.8) is 0 Å². The van der Waals surface area contributed by atoms with Crippen molar-refractivity contribution in [1.29, 1.82) is 0 Å². The molecule has 14 heavy (non-hydrogen) atoms. The summed E-state index contributed by atoms with van der Waals surface area (Å²) in [5.74, 6) is 0.674. The SMILES string of the molecule is CNC1CCCC1c1ccc(C)nc1. The standard InChI is InChI=1S/C12H18N2/c1-9-6-7-10(8-14-9)11-4-3-5-12(11)13-2/h6-8,11-13H,3-5H2,1-2H3. The molecule has 1 N–H and O–H groups in total.